The van der Waals surface area contributed by atoms with Crippen molar-refractivity contribution in [3.05, 3.63) is 60.0 Å². The van der Waals surface area contributed by atoms with Gasteiger partial charge in [0.05, 0.1) is 13.2 Å². The second-order valence-electron chi connectivity index (χ2n) is 7.90. The third-order valence-electron chi connectivity index (χ3n) is 5.66. The molecule has 2 amide bonds. The molecule has 1 aliphatic rings. The van der Waals surface area contributed by atoms with Crippen LogP contribution in [0, 0.1) is 6.92 Å². The number of carbonyl (C=O) groups excluding carboxylic acids is 2. The first-order valence-corrected chi connectivity index (χ1v) is 10.9. The SMILES string of the molecule is COc1ccc([C@@H](CNC(=O)C(=O)Nc2ccc(-c3nnc(C)o3)cc2)N2CCCC2)cc1. The zero-order chi connectivity index (χ0) is 23.2. The standard InChI is InChI=1S/C24H27N5O4/c1-16-27-28-24(33-16)18-5-9-19(10-6-18)26-23(31)22(30)25-15-21(29-13-3-4-14-29)17-7-11-20(32-2)12-8-17/h5-12,21H,3-4,13-15H2,1-2H3,(H,25,30)(H,26,31)/t21-/m1/s1. The van der Waals surface area contributed by atoms with Gasteiger partial charge in [-0.25, -0.2) is 0 Å². The minimum absolute atomic E-state index is 0.00713. The van der Waals surface area contributed by atoms with E-state index in [0.717, 1.165) is 42.8 Å². The lowest BCUT2D eigenvalue weighted by molar-refractivity contribution is -0.136. The van der Waals surface area contributed by atoms with E-state index in [-0.39, 0.29) is 6.04 Å². The smallest absolute Gasteiger partial charge is 0.313 e. The average Bonchev–Trinajstić information content (AvgIpc) is 3.52. The van der Waals surface area contributed by atoms with Gasteiger partial charge in [0.1, 0.15) is 5.75 Å². The third kappa shape index (κ3) is 5.56. The van der Waals surface area contributed by atoms with Gasteiger partial charge in [-0.05, 0) is 67.9 Å². The number of anilines is 1. The van der Waals surface area contributed by atoms with Crippen LogP contribution in [0.1, 0.15) is 30.3 Å². The highest BCUT2D eigenvalue weighted by Gasteiger charge is 2.25. The minimum Gasteiger partial charge on any atom is -0.497 e. The Bertz CT molecular complexity index is 1090. The van der Waals surface area contributed by atoms with Crippen molar-refractivity contribution in [1.29, 1.82) is 0 Å². The molecule has 1 saturated heterocycles. The van der Waals surface area contributed by atoms with Gasteiger partial charge in [-0.3, -0.25) is 14.5 Å². The number of nitrogens with one attached hydrogen (secondary N) is 2. The molecule has 0 unspecified atom stereocenters. The third-order valence-corrected chi connectivity index (χ3v) is 5.66. The molecule has 1 aromatic heterocycles. The molecule has 9 nitrogen and oxygen atoms in total. The van der Waals surface area contributed by atoms with Gasteiger partial charge in [0.2, 0.25) is 11.8 Å². The van der Waals surface area contributed by atoms with Gasteiger partial charge < -0.3 is 19.8 Å². The van der Waals surface area contributed by atoms with Crippen LogP contribution in [0.15, 0.2) is 52.9 Å². The topological polar surface area (TPSA) is 110 Å². The number of hydrogen-bond donors (Lipinski definition) is 2. The molecule has 3 aromatic rings. The van der Waals surface area contributed by atoms with E-state index in [1.807, 2.05) is 24.3 Å². The fraction of sp³-hybridized carbons (Fsp3) is 0.333. The second kappa shape index (κ2) is 10.3. The monoisotopic (exact) mass is 449 g/mol. The van der Waals surface area contributed by atoms with Crippen LogP contribution >= 0.6 is 0 Å². The van der Waals surface area contributed by atoms with E-state index >= 15 is 0 Å². The van der Waals surface area contributed by atoms with Crippen molar-refractivity contribution in [2.24, 2.45) is 0 Å². The molecule has 2 aromatic carbocycles. The number of aryl methyl sites for hydroxylation is 1. The summed E-state index contributed by atoms with van der Waals surface area (Å²) in [6, 6.07) is 14.7. The highest BCUT2D eigenvalue weighted by Crippen LogP contribution is 2.26. The van der Waals surface area contributed by atoms with Gasteiger partial charge in [-0.2, -0.15) is 0 Å². The number of nitrogens with zero attached hydrogens (tertiary/aromatic N) is 3. The maximum atomic E-state index is 12.5. The number of amides is 2. The van der Waals surface area contributed by atoms with Crippen LogP contribution in [-0.2, 0) is 9.59 Å². The van der Waals surface area contributed by atoms with Crippen molar-refractivity contribution in [3.63, 3.8) is 0 Å². The Labute approximate surface area is 192 Å². The molecule has 0 bridgehead atoms. The van der Waals surface area contributed by atoms with Gasteiger partial charge in [0, 0.05) is 24.7 Å². The van der Waals surface area contributed by atoms with E-state index in [0.29, 0.717) is 24.0 Å². The van der Waals surface area contributed by atoms with Crippen LogP contribution in [-0.4, -0.2) is 53.7 Å². The first kappa shape index (κ1) is 22.5. The lowest BCUT2D eigenvalue weighted by Crippen LogP contribution is -2.41. The zero-order valence-corrected chi connectivity index (χ0v) is 18.7. The predicted octanol–water partition coefficient (Wildman–Crippen LogP) is 2.95. The summed E-state index contributed by atoms with van der Waals surface area (Å²) in [6.07, 6.45) is 2.25. The van der Waals surface area contributed by atoms with Crippen molar-refractivity contribution in [2.45, 2.75) is 25.8 Å². The highest BCUT2D eigenvalue weighted by molar-refractivity contribution is 6.39. The second-order valence-corrected chi connectivity index (χ2v) is 7.90. The fourth-order valence-corrected chi connectivity index (χ4v) is 3.90. The summed E-state index contributed by atoms with van der Waals surface area (Å²) in [4.78, 5) is 27.3. The van der Waals surface area contributed by atoms with E-state index < -0.39 is 11.8 Å². The van der Waals surface area contributed by atoms with Gasteiger partial charge >= 0.3 is 11.8 Å². The number of likely N-dealkylation sites (tertiary alicyclic amines) is 1. The van der Waals surface area contributed by atoms with E-state index in [4.69, 9.17) is 9.15 Å². The first-order chi connectivity index (χ1) is 16.0. The highest BCUT2D eigenvalue weighted by atomic mass is 16.5. The van der Waals surface area contributed by atoms with Crippen molar-refractivity contribution >= 4 is 17.5 Å². The van der Waals surface area contributed by atoms with Crippen molar-refractivity contribution in [3.8, 4) is 17.2 Å². The number of aromatic nitrogens is 2. The molecular formula is C24H27N5O4. The summed E-state index contributed by atoms with van der Waals surface area (Å²) in [5.41, 5.74) is 2.30. The van der Waals surface area contributed by atoms with Crippen molar-refractivity contribution in [2.75, 3.05) is 32.1 Å². The molecule has 2 N–H and O–H groups in total. The van der Waals surface area contributed by atoms with Crippen LogP contribution in [0.3, 0.4) is 0 Å². The number of ether oxygens (including phenoxy) is 1. The van der Waals surface area contributed by atoms with Crippen LogP contribution < -0.4 is 15.4 Å². The number of benzene rings is 2. The van der Waals surface area contributed by atoms with Crippen molar-refractivity contribution < 1.29 is 18.7 Å². The Balaban J connectivity index is 1.36. The lowest BCUT2D eigenvalue weighted by atomic mass is 10.1. The fourth-order valence-electron chi connectivity index (χ4n) is 3.90. The molecule has 0 radical (unpaired) electrons. The Kier molecular flexibility index (Phi) is 6.99. The number of methoxy groups -OCH3 is 1. The largest absolute Gasteiger partial charge is 0.497 e. The number of hydrogen-bond acceptors (Lipinski definition) is 7. The Morgan fingerprint density at radius 1 is 1.03 bits per heavy atom. The summed E-state index contributed by atoms with van der Waals surface area (Å²) in [7, 11) is 1.63. The van der Waals surface area contributed by atoms with Crippen LogP contribution in [0.2, 0.25) is 0 Å². The molecule has 1 atom stereocenters. The molecular weight excluding hydrogens is 422 g/mol. The van der Waals surface area contributed by atoms with Crippen molar-refractivity contribution in [1.82, 2.24) is 20.4 Å². The van der Waals surface area contributed by atoms with Crippen LogP contribution in [0.4, 0.5) is 5.69 Å². The van der Waals surface area contributed by atoms with Gasteiger partial charge in [-0.15, -0.1) is 10.2 Å². The average molecular weight is 450 g/mol. The Morgan fingerprint density at radius 2 is 1.73 bits per heavy atom. The molecule has 4 rings (SSSR count). The van der Waals surface area contributed by atoms with E-state index in [1.54, 1.807) is 38.3 Å². The van der Waals surface area contributed by atoms with E-state index in [1.165, 1.54) is 0 Å². The molecule has 0 saturated carbocycles. The maximum absolute atomic E-state index is 12.5. The van der Waals surface area contributed by atoms with Crippen LogP contribution in [0.25, 0.3) is 11.5 Å². The summed E-state index contributed by atoms with van der Waals surface area (Å²) in [6.45, 7) is 3.98. The molecule has 33 heavy (non-hydrogen) atoms. The molecule has 172 valence electrons. The minimum atomic E-state index is -0.716. The molecule has 2 heterocycles. The van der Waals surface area contributed by atoms with E-state index in [9.17, 15) is 9.59 Å². The lowest BCUT2D eigenvalue weighted by Gasteiger charge is -2.28. The normalized spacial score (nSPS) is 14.6. The van der Waals surface area contributed by atoms with Gasteiger partial charge in [0.15, 0.2) is 0 Å². The molecule has 0 spiro atoms. The van der Waals surface area contributed by atoms with Gasteiger partial charge in [-0.1, -0.05) is 12.1 Å². The van der Waals surface area contributed by atoms with Crippen LogP contribution in [0.5, 0.6) is 5.75 Å². The molecule has 1 aliphatic heterocycles. The molecule has 9 heteroatoms. The first-order valence-electron chi connectivity index (χ1n) is 10.9. The quantitative estimate of drug-likeness (QED) is 0.534. The summed E-state index contributed by atoms with van der Waals surface area (Å²) < 4.78 is 10.6. The Morgan fingerprint density at radius 3 is 2.33 bits per heavy atom. The Hall–Kier alpha value is -3.72. The molecule has 0 aliphatic carbocycles. The summed E-state index contributed by atoms with van der Waals surface area (Å²) in [5.74, 6) is 0.258. The summed E-state index contributed by atoms with van der Waals surface area (Å²) >= 11 is 0. The van der Waals surface area contributed by atoms with Gasteiger partial charge in [0.25, 0.3) is 0 Å². The summed E-state index contributed by atoms with van der Waals surface area (Å²) in [5, 5.41) is 13.2. The number of rotatable bonds is 7. The number of carbonyl (C=O) groups is 2. The maximum Gasteiger partial charge on any atom is 0.313 e. The molecule has 1 fully saturated rings. The zero-order valence-electron chi connectivity index (χ0n) is 18.7. The van der Waals surface area contributed by atoms with E-state index in [2.05, 4.69) is 25.7 Å². The predicted molar refractivity (Wildman–Crippen MR) is 123 cm³/mol.